The second-order valence-corrected chi connectivity index (χ2v) is 3.59. The van der Waals surface area contributed by atoms with Gasteiger partial charge in [-0.1, -0.05) is 12.1 Å². The van der Waals surface area contributed by atoms with Crippen LogP contribution in [0.2, 0.25) is 0 Å². The van der Waals surface area contributed by atoms with Gasteiger partial charge in [0.25, 0.3) is 0 Å². The van der Waals surface area contributed by atoms with Gasteiger partial charge in [0.1, 0.15) is 17.2 Å². The van der Waals surface area contributed by atoms with Gasteiger partial charge in [-0.25, -0.2) is 4.98 Å². The molecule has 2 rings (SSSR count). The third-order valence-corrected chi connectivity index (χ3v) is 2.47. The number of aromatic amines is 1. The van der Waals surface area contributed by atoms with Gasteiger partial charge in [0, 0.05) is 18.2 Å². The van der Waals surface area contributed by atoms with Crippen LogP contribution in [0.4, 0.5) is 0 Å². The lowest BCUT2D eigenvalue weighted by Gasteiger charge is -1.88. The van der Waals surface area contributed by atoms with E-state index in [1.807, 2.05) is 13.0 Å². The first kappa shape index (κ1) is 10.2. The zero-order valence-electron chi connectivity index (χ0n) is 8.67. The van der Waals surface area contributed by atoms with Crippen molar-refractivity contribution in [1.29, 1.82) is 0 Å². The summed E-state index contributed by atoms with van der Waals surface area (Å²) in [4.78, 5) is 7.62. The Morgan fingerprint density at radius 2 is 2.33 bits per heavy atom. The molecule has 15 heavy (non-hydrogen) atoms. The van der Waals surface area contributed by atoms with Crippen molar-refractivity contribution in [3.8, 4) is 11.4 Å². The predicted molar refractivity (Wildman–Crippen MR) is 57.8 cm³/mol. The molecule has 0 aliphatic heterocycles. The molecule has 0 unspecified atom stereocenters. The molecular formula is C10H12ClN3O. The van der Waals surface area contributed by atoms with E-state index in [2.05, 4.69) is 22.0 Å². The van der Waals surface area contributed by atoms with Crippen LogP contribution >= 0.6 is 11.6 Å². The average molecular weight is 226 g/mol. The molecule has 0 atom stereocenters. The number of imidazole rings is 1. The summed E-state index contributed by atoms with van der Waals surface area (Å²) in [5.41, 5.74) is 2.58. The first-order chi connectivity index (χ1) is 7.24. The number of rotatable bonds is 3. The van der Waals surface area contributed by atoms with Gasteiger partial charge in [-0.2, -0.15) is 0 Å². The number of hydrogen-bond acceptors (Lipinski definition) is 3. The van der Waals surface area contributed by atoms with E-state index in [0.29, 0.717) is 11.6 Å². The quantitative estimate of drug-likeness (QED) is 0.818. The van der Waals surface area contributed by atoms with Gasteiger partial charge < -0.3 is 9.51 Å². The highest BCUT2D eigenvalue weighted by atomic mass is 35.5. The lowest BCUT2D eigenvalue weighted by molar-refractivity contribution is 0.396. The van der Waals surface area contributed by atoms with Crippen molar-refractivity contribution in [1.82, 2.24) is 15.1 Å². The van der Waals surface area contributed by atoms with Crippen LogP contribution in [0.15, 0.2) is 10.6 Å². The Bertz CT molecular complexity index is 461. The number of hydrogen-bond donors (Lipinski definition) is 1. The zero-order chi connectivity index (χ0) is 10.8. The summed E-state index contributed by atoms with van der Waals surface area (Å²) in [5, 5.41) is 3.92. The Balaban J connectivity index is 2.39. The third-order valence-electron chi connectivity index (χ3n) is 2.20. The molecule has 0 fully saturated rings. The molecule has 0 spiro atoms. The Labute approximate surface area is 92.6 Å². The number of alkyl halides is 1. The molecule has 0 amide bonds. The fourth-order valence-electron chi connectivity index (χ4n) is 1.43. The number of aryl methyl sites for hydroxylation is 2. The van der Waals surface area contributed by atoms with Crippen LogP contribution in [0, 0.1) is 6.92 Å². The number of nitrogens with one attached hydrogen (secondary N) is 1. The zero-order valence-corrected chi connectivity index (χ0v) is 9.43. The summed E-state index contributed by atoms with van der Waals surface area (Å²) in [7, 11) is 0. The minimum Gasteiger partial charge on any atom is -0.359 e. The average Bonchev–Trinajstić information content (AvgIpc) is 2.83. The summed E-state index contributed by atoms with van der Waals surface area (Å²) in [6.07, 6.45) is 0.876. The Hall–Kier alpha value is -1.29. The van der Waals surface area contributed by atoms with E-state index in [1.165, 1.54) is 0 Å². The predicted octanol–water partition coefficient (Wildman–Crippen LogP) is 2.67. The lowest BCUT2D eigenvalue weighted by atomic mass is 10.2. The SMILES string of the molecule is CCc1nc(-c2cc(CCl)on2)c(C)[nH]1. The molecule has 0 saturated carbocycles. The van der Waals surface area contributed by atoms with Crippen LogP contribution < -0.4 is 0 Å². The monoisotopic (exact) mass is 225 g/mol. The Kier molecular flexibility index (Phi) is 2.77. The normalized spacial score (nSPS) is 10.9. The van der Waals surface area contributed by atoms with Gasteiger partial charge in [0.15, 0.2) is 5.76 Å². The number of aromatic nitrogens is 3. The van der Waals surface area contributed by atoms with Gasteiger partial charge in [-0.15, -0.1) is 11.6 Å². The maximum Gasteiger partial charge on any atom is 0.152 e. The van der Waals surface area contributed by atoms with Crippen LogP contribution in [0.25, 0.3) is 11.4 Å². The van der Waals surface area contributed by atoms with E-state index in [0.717, 1.165) is 29.3 Å². The van der Waals surface area contributed by atoms with Crippen molar-refractivity contribution in [3.05, 3.63) is 23.3 Å². The lowest BCUT2D eigenvalue weighted by Crippen LogP contribution is -1.82. The van der Waals surface area contributed by atoms with E-state index < -0.39 is 0 Å². The standard InChI is InChI=1S/C10H12ClN3O/c1-3-9-12-6(2)10(13-9)8-4-7(5-11)15-14-8/h4H,3,5H2,1-2H3,(H,12,13). The number of halogens is 1. The van der Waals surface area contributed by atoms with Crippen LogP contribution in [0.1, 0.15) is 24.2 Å². The van der Waals surface area contributed by atoms with E-state index in [1.54, 1.807) is 0 Å². The van der Waals surface area contributed by atoms with Gasteiger partial charge in [0.2, 0.25) is 0 Å². The van der Waals surface area contributed by atoms with E-state index >= 15 is 0 Å². The molecule has 0 aromatic carbocycles. The van der Waals surface area contributed by atoms with Gasteiger partial charge >= 0.3 is 0 Å². The summed E-state index contributed by atoms with van der Waals surface area (Å²) < 4.78 is 5.03. The molecule has 1 N–H and O–H groups in total. The summed E-state index contributed by atoms with van der Waals surface area (Å²) in [5.74, 6) is 1.95. The second kappa shape index (κ2) is 4.06. The second-order valence-electron chi connectivity index (χ2n) is 3.32. The van der Waals surface area contributed by atoms with Crippen molar-refractivity contribution in [2.24, 2.45) is 0 Å². The maximum absolute atomic E-state index is 5.64. The van der Waals surface area contributed by atoms with Crippen molar-refractivity contribution >= 4 is 11.6 Å². The fraction of sp³-hybridized carbons (Fsp3) is 0.400. The van der Waals surface area contributed by atoms with Crippen molar-refractivity contribution < 1.29 is 4.52 Å². The highest BCUT2D eigenvalue weighted by molar-refractivity contribution is 6.16. The third kappa shape index (κ3) is 1.90. The van der Waals surface area contributed by atoms with Crippen molar-refractivity contribution in [2.45, 2.75) is 26.1 Å². The smallest absolute Gasteiger partial charge is 0.152 e. The highest BCUT2D eigenvalue weighted by Gasteiger charge is 2.12. The summed E-state index contributed by atoms with van der Waals surface area (Å²) in [6, 6.07) is 1.82. The van der Waals surface area contributed by atoms with Crippen LogP contribution in [0.3, 0.4) is 0 Å². The molecule has 2 aromatic heterocycles. The largest absolute Gasteiger partial charge is 0.359 e. The summed E-state index contributed by atoms with van der Waals surface area (Å²) >= 11 is 5.64. The molecule has 0 aliphatic carbocycles. The van der Waals surface area contributed by atoms with Crippen LogP contribution in [-0.4, -0.2) is 15.1 Å². The van der Waals surface area contributed by atoms with Crippen molar-refractivity contribution in [2.75, 3.05) is 0 Å². The summed E-state index contributed by atoms with van der Waals surface area (Å²) in [6.45, 7) is 4.02. The topological polar surface area (TPSA) is 54.7 Å². The maximum atomic E-state index is 5.64. The number of H-pyrrole nitrogens is 1. The number of nitrogens with zero attached hydrogens (tertiary/aromatic N) is 2. The highest BCUT2D eigenvalue weighted by Crippen LogP contribution is 2.21. The van der Waals surface area contributed by atoms with Gasteiger partial charge in [0.05, 0.1) is 5.88 Å². The molecular weight excluding hydrogens is 214 g/mol. The first-order valence-corrected chi connectivity index (χ1v) is 5.35. The van der Waals surface area contributed by atoms with E-state index in [-0.39, 0.29) is 0 Å². The molecule has 0 radical (unpaired) electrons. The van der Waals surface area contributed by atoms with Crippen molar-refractivity contribution in [3.63, 3.8) is 0 Å². The Morgan fingerprint density at radius 1 is 1.53 bits per heavy atom. The molecule has 2 aromatic rings. The fourth-order valence-corrected chi connectivity index (χ4v) is 1.55. The molecule has 80 valence electrons. The van der Waals surface area contributed by atoms with Gasteiger partial charge in [-0.05, 0) is 6.92 Å². The first-order valence-electron chi connectivity index (χ1n) is 4.82. The van der Waals surface area contributed by atoms with Gasteiger partial charge in [-0.3, -0.25) is 0 Å². The molecule has 5 heteroatoms. The molecule has 0 bridgehead atoms. The van der Waals surface area contributed by atoms with Crippen LogP contribution in [0.5, 0.6) is 0 Å². The van der Waals surface area contributed by atoms with Crippen LogP contribution in [-0.2, 0) is 12.3 Å². The molecule has 2 heterocycles. The molecule has 0 aliphatic rings. The molecule has 0 saturated heterocycles. The minimum atomic E-state index is 0.330. The van der Waals surface area contributed by atoms with E-state index in [4.69, 9.17) is 16.1 Å². The minimum absolute atomic E-state index is 0.330. The van der Waals surface area contributed by atoms with E-state index in [9.17, 15) is 0 Å². The Morgan fingerprint density at radius 3 is 2.87 bits per heavy atom. The molecule has 4 nitrogen and oxygen atoms in total.